The number of carbonyl (C=O) groups excluding carboxylic acids is 2. The number of hydrogen-bond donors (Lipinski definition) is 2. The van der Waals surface area contributed by atoms with Crippen molar-refractivity contribution < 1.29 is 23.5 Å². The predicted molar refractivity (Wildman–Crippen MR) is 112 cm³/mol. The number of nitrogens with zero attached hydrogens (tertiary/aromatic N) is 3. The Kier molecular flexibility index (Phi) is 6.61. The molecule has 0 bridgehead atoms. The molecule has 0 saturated heterocycles. The molecule has 2 heterocycles. The average Bonchev–Trinajstić information content (AvgIpc) is 3.20. The summed E-state index contributed by atoms with van der Waals surface area (Å²) >= 11 is 0. The summed E-state index contributed by atoms with van der Waals surface area (Å²) in [5.41, 5.74) is 1.01. The molecule has 1 atom stereocenters. The van der Waals surface area contributed by atoms with Gasteiger partial charge in [0, 0.05) is 24.8 Å². The minimum atomic E-state index is -0.714. The van der Waals surface area contributed by atoms with Gasteiger partial charge in [0.25, 0.3) is 5.91 Å². The molecule has 2 amide bonds. The van der Waals surface area contributed by atoms with Crippen LogP contribution in [0.2, 0.25) is 0 Å². The minimum absolute atomic E-state index is 0.221. The highest BCUT2D eigenvalue weighted by Gasteiger charge is 2.45. The van der Waals surface area contributed by atoms with E-state index in [1.54, 1.807) is 12.0 Å². The van der Waals surface area contributed by atoms with Gasteiger partial charge in [0.05, 0.1) is 24.4 Å². The first-order valence-corrected chi connectivity index (χ1v) is 9.90. The molecular formula is C21H28FN5O4. The Morgan fingerprint density at radius 2 is 2.00 bits per heavy atom. The Bertz CT molecular complexity index is 942. The molecule has 2 aromatic rings. The lowest BCUT2D eigenvalue weighted by Gasteiger charge is -2.32. The van der Waals surface area contributed by atoms with Crippen LogP contribution >= 0.6 is 0 Å². The van der Waals surface area contributed by atoms with E-state index in [9.17, 15) is 14.0 Å². The van der Waals surface area contributed by atoms with Crippen molar-refractivity contribution in [3.63, 3.8) is 0 Å². The summed E-state index contributed by atoms with van der Waals surface area (Å²) in [7, 11) is 5.34. The average molecular weight is 433 g/mol. The maximum atomic E-state index is 13.1. The number of amides is 2. The van der Waals surface area contributed by atoms with E-state index in [0.29, 0.717) is 23.5 Å². The number of aromatic amines is 1. The van der Waals surface area contributed by atoms with Crippen LogP contribution in [0.3, 0.4) is 0 Å². The van der Waals surface area contributed by atoms with Gasteiger partial charge in [0.1, 0.15) is 11.9 Å². The quantitative estimate of drug-likeness (QED) is 0.696. The molecule has 9 nitrogen and oxygen atoms in total. The first-order valence-electron chi connectivity index (χ1n) is 9.90. The third-order valence-corrected chi connectivity index (χ3v) is 5.22. The third-order valence-electron chi connectivity index (χ3n) is 5.22. The molecule has 1 aliphatic heterocycles. The molecule has 0 fully saturated rings. The van der Waals surface area contributed by atoms with Crippen molar-refractivity contribution in [1.82, 2.24) is 20.0 Å². The number of nitrogens with one attached hydrogen (secondary N) is 2. The number of aromatic nitrogens is 2. The van der Waals surface area contributed by atoms with Crippen LogP contribution in [0.4, 0.5) is 15.0 Å². The molecule has 0 spiro atoms. The van der Waals surface area contributed by atoms with E-state index >= 15 is 0 Å². The van der Waals surface area contributed by atoms with E-state index in [2.05, 4.69) is 15.5 Å². The predicted octanol–water partition coefficient (Wildman–Crippen LogP) is 2.56. The SMILES string of the molecule is COC[C@@H](CN(C)C)OC(=O)N1Cc2c(NC(=O)c3ccc(F)cc3)n[nH]c2C1(C)C. The van der Waals surface area contributed by atoms with Gasteiger partial charge in [-0.3, -0.25) is 14.8 Å². The molecule has 31 heavy (non-hydrogen) atoms. The molecule has 0 radical (unpaired) electrons. The van der Waals surface area contributed by atoms with Crippen molar-refractivity contribution in [1.29, 1.82) is 0 Å². The van der Waals surface area contributed by atoms with Gasteiger partial charge in [0.2, 0.25) is 0 Å². The minimum Gasteiger partial charge on any atom is -0.442 e. The van der Waals surface area contributed by atoms with Crippen LogP contribution in [0, 0.1) is 5.82 Å². The van der Waals surface area contributed by atoms with Crippen molar-refractivity contribution in [2.24, 2.45) is 0 Å². The number of halogens is 1. The maximum Gasteiger partial charge on any atom is 0.411 e. The largest absolute Gasteiger partial charge is 0.442 e. The number of H-pyrrole nitrogens is 1. The van der Waals surface area contributed by atoms with Crippen LogP contribution in [-0.4, -0.2) is 72.5 Å². The summed E-state index contributed by atoms with van der Waals surface area (Å²) in [6.07, 6.45) is -0.896. The Hall–Kier alpha value is -2.98. The summed E-state index contributed by atoms with van der Waals surface area (Å²) in [6, 6.07) is 5.22. The number of benzene rings is 1. The van der Waals surface area contributed by atoms with Crippen molar-refractivity contribution in [3.8, 4) is 0 Å². The molecule has 1 aliphatic rings. The van der Waals surface area contributed by atoms with Crippen LogP contribution in [0.5, 0.6) is 0 Å². The second-order valence-electron chi connectivity index (χ2n) is 8.26. The highest BCUT2D eigenvalue weighted by Crippen LogP contribution is 2.41. The molecule has 0 unspecified atom stereocenters. The fourth-order valence-corrected chi connectivity index (χ4v) is 3.62. The van der Waals surface area contributed by atoms with Crippen LogP contribution < -0.4 is 5.32 Å². The van der Waals surface area contributed by atoms with E-state index < -0.39 is 29.5 Å². The summed E-state index contributed by atoms with van der Waals surface area (Å²) in [5.74, 6) is -0.511. The van der Waals surface area contributed by atoms with E-state index in [-0.39, 0.29) is 13.2 Å². The van der Waals surface area contributed by atoms with Gasteiger partial charge >= 0.3 is 6.09 Å². The van der Waals surface area contributed by atoms with Crippen LogP contribution in [0.1, 0.15) is 35.5 Å². The molecule has 0 saturated carbocycles. The van der Waals surface area contributed by atoms with Crippen LogP contribution in [-0.2, 0) is 21.6 Å². The number of carbonyl (C=O) groups is 2. The zero-order chi connectivity index (χ0) is 22.8. The highest BCUT2D eigenvalue weighted by molar-refractivity contribution is 6.04. The molecule has 0 aliphatic carbocycles. The van der Waals surface area contributed by atoms with Gasteiger partial charge in [-0.2, -0.15) is 5.10 Å². The lowest BCUT2D eigenvalue weighted by atomic mass is 10.0. The fraction of sp³-hybridized carbons (Fsp3) is 0.476. The molecule has 168 valence electrons. The zero-order valence-electron chi connectivity index (χ0n) is 18.4. The van der Waals surface area contributed by atoms with Crippen LogP contribution in [0.15, 0.2) is 24.3 Å². The molecule has 1 aromatic heterocycles. The first-order chi connectivity index (χ1) is 14.6. The lowest BCUT2D eigenvalue weighted by molar-refractivity contribution is -0.00503. The number of fused-ring (bicyclic) bond motifs is 1. The van der Waals surface area contributed by atoms with Gasteiger partial charge in [-0.1, -0.05) is 0 Å². The van der Waals surface area contributed by atoms with Crippen molar-refractivity contribution in [2.75, 3.05) is 39.7 Å². The number of rotatable bonds is 7. The van der Waals surface area contributed by atoms with Crippen molar-refractivity contribution in [2.45, 2.75) is 32.0 Å². The molecule has 10 heteroatoms. The Balaban J connectivity index is 1.75. The van der Waals surface area contributed by atoms with Crippen molar-refractivity contribution >= 4 is 17.8 Å². The summed E-state index contributed by atoms with van der Waals surface area (Å²) in [6.45, 7) is 4.78. The Labute approximate surface area is 180 Å². The normalized spacial score (nSPS) is 15.6. The second-order valence-corrected chi connectivity index (χ2v) is 8.26. The zero-order valence-corrected chi connectivity index (χ0v) is 18.4. The molecular weight excluding hydrogens is 405 g/mol. The van der Waals surface area contributed by atoms with E-state index in [0.717, 1.165) is 5.69 Å². The third kappa shape index (κ3) is 4.86. The Morgan fingerprint density at radius 1 is 1.32 bits per heavy atom. The van der Waals surface area contributed by atoms with Gasteiger partial charge in [-0.25, -0.2) is 9.18 Å². The van der Waals surface area contributed by atoms with E-state index in [1.807, 2.05) is 32.8 Å². The summed E-state index contributed by atoms with van der Waals surface area (Å²) < 4.78 is 24.0. The van der Waals surface area contributed by atoms with Gasteiger partial charge < -0.3 is 19.7 Å². The highest BCUT2D eigenvalue weighted by atomic mass is 19.1. The van der Waals surface area contributed by atoms with Crippen molar-refractivity contribution in [3.05, 3.63) is 46.9 Å². The maximum absolute atomic E-state index is 13.1. The summed E-state index contributed by atoms with van der Waals surface area (Å²) in [5, 5.41) is 9.87. The van der Waals surface area contributed by atoms with E-state index in [4.69, 9.17) is 9.47 Å². The number of likely N-dealkylation sites (N-methyl/N-ethyl adjacent to an activating group) is 1. The summed E-state index contributed by atoms with van der Waals surface area (Å²) in [4.78, 5) is 29.0. The van der Waals surface area contributed by atoms with Gasteiger partial charge in [0.15, 0.2) is 5.82 Å². The fourth-order valence-electron chi connectivity index (χ4n) is 3.62. The standard InChI is InChI=1S/C21H28FN5O4/c1-21(2)17-16(11-27(21)20(29)31-15(12-30-5)10-26(3)4)18(25-24-17)23-19(28)13-6-8-14(22)9-7-13/h6-9,15H,10-12H2,1-5H3,(H2,23,24,25,28)/t15-/m1/s1. The van der Waals surface area contributed by atoms with Gasteiger partial charge in [-0.15, -0.1) is 0 Å². The topological polar surface area (TPSA) is 99.8 Å². The Morgan fingerprint density at radius 3 is 2.61 bits per heavy atom. The number of hydrogen-bond acceptors (Lipinski definition) is 6. The monoisotopic (exact) mass is 433 g/mol. The lowest BCUT2D eigenvalue weighted by Crippen LogP contribution is -2.44. The number of methoxy groups -OCH3 is 1. The number of ether oxygens (including phenoxy) is 2. The molecule has 1 aromatic carbocycles. The van der Waals surface area contributed by atoms with E-state index in [1.165, 1.54) is 24.3 Å². The van der Waals surface area contributed by atoms with Crippen LogP contribution in [0.25, 0.3) is 0 Å². The smallest absolute Gasteiger partial charge is 0.411 e. The molecule has 3 rings (SSSR count). The second kappa shape index (κ2) is 9.03. The molecule has 2 N–H and O–H groups in total. The number of anilines is 1. The first kappa shape index (κ1) is 22.7. The van der Waals surface area contributed by atoms with Gasteiger partial charge in [-0.05, 0) is 52.2 Å².